The van der Waals surface area contributed by atoms with Crippen molar-refractivity contribution in [2.75, 3.05) is 0 Å². The Morgan fingerprint density at radius 3 is 1.85 bits per heavy atom. The maximum atomic E-state index is 2.66. The van der Waals surface area contributed by atoms with Crippen molar-refractivity contribution < 1.29 is 0 Å². The van der Waals surface area contributed by atoms with Gasteiger partial charge in [0.05, 0.1) is 16.9 Å². The molecule has 0 N–H and O–H groups in total. The molecule has 0 radical (unpaired) electrons. The van der Waals surface area contributed by atoms with Crippen LogP contribution >= 0.6 is 0 Å². The SMILES string of the molecule is C1=CCCC(c2c(-c3ccccc3)c3cccc4c3n2-c2cccc3c2B4c2c4c(cc5c(-c6ccccc6)c(-c6ccccc6)n-3c25)CCC=C4)=C1. The fourth-order valence-electron chi connectivity index (χ4n) is 10.2. The van der Waals surface area contributed by atoms with E-state index in [0.29, 0.717) is 0 Å². The lowest BCUT2D eigenvalue weighted by Crippen LogP contribution is -2.60. The molecule has 0 bridgehead atoms. The summed E-state index contributed by atoms with van der Waals surface area (Å²) < 4.78 is 5.31. The molecule has 0 unspecified atom stereocenters. The second-order valence-electron chi connectivity index (χ2n) is 15.0. The van der Waals surface area contributed by atoms with Gasteiger partial charge in [-0.25, -0.2) is 0 Å². The molecule has 53 heavy (non-hydrogen) atoms. The first-order valence-corrected chi connectivity index (χ1v) is 19.1. The summed E-state index contributed by atoms with van der Waals surface area (Å²) in [5.41, 5.74) is 22.9. The molecule has 0 atom stereocenters. The van der Waals surface area contributed by atoms with E-state index in [0.717, 1.165) is 25.7 Å². The van der Waals surface area contributed by atoms with Crippen LogP contribution in [-0.4, -0.2) is 15.8 Å². The van der Waals surface area contributed by atoms with Crippen LogP contribution < -0.4 is 16.4 Å². The van der Waals surface area contributed by atoms with Crippen LogP contribution in [0, 0.1) is 0 Å². The lowest BCUT2D eigenvalue weighted by atomic mass is 9.33. The number of allylic oxidation sites excluding steroid dienone is 5. The van der Waals surface area contributed by atoms with Gasteiger partial charge < -0.3 is 9.13 Å². The Kier molecular flexibility index (Phi) is 6.13. The number of hydrogen-bond donors (Lipinski definition) is 0. The Morgan fingerprint density at radius 2 is 1.15 bits per heavy atom. The highest BCUT2D eigenvalue weighted by Gasteiger charge is 2.44. The molecule has 2 aliphatic heterocycles. The van der Waals surface area contributed by atoms with Crippen LogP contribution in [0.15, 0.2) is 158 Å². The predicted molar refractivity (Wildman–Crippen MR) is 225 cm³/mol. The third-order valence-corrected chi connectivity index (χ3v) is 12.2. The summed E-state index contributed by atoms with van der Waals surface area (Å²) in [4.78, 5) is 0. The normalized spacial score (nSPS) is 14.8. The molecular formula is C50H35BN2. The molecule has 248 valence electrons. The molecule has 2 aromatic heterocycles. The fourth-order valence-corrected chi connectivity index (χ4v) is 10.2. The highest BCUT2D eigenvalue weighted by Crippen LogP contribution is 2.48. The maximum Gasteiger partial charge on any atom is 0.252 e. The van der Waals surface area contributed by atoms with Gasteiger partial charge in [0.1, 0.15) is 0 Å². The largest absolute Gasteiger partial charge is 0.310 e. The lowest BCUT2D eigenvalue weighted by molar-refractivity contribution is 0.989. The zero-order valence-corrected chi connectivity index (χ0v) is 29.4. The van der Waals surface area contributed by atoms with Gasteiger partial charge in [-0.3, -0.25) is 0 Å². The Bertz CT molecular complexity index is 2920. The van der Waals surface area contributed by atoms with E-state index in [2.05, 4.69) is 173 Å². The van der Waals surface area contributed by atoms with Crippen molar-refractivity contribution in [2.24, 2.45) is 0 Å². The molecule has 0 fully saturated rings. The van der Waals surface area contributed by atoms with Crippen LogP contribution in [0.3, 0.4) is 0 Å². The van der Waals surface area contributed by atoms with E-state index in [1.807, 2.05) is 0 Å². The third kappa shape index (κ3) is 3.94. The zero-order valence-electron chi connectivity index (χ0n) is 29.4. The average Bonchev–Trinajstić information content (AvgIpc) is 3.76. The first kappa shape index (κ1) is 29.3. The van der Waals surface area contributed by atoms with Crippen LogP contribution in [0.25, 0.3) is 78.3 Å². The second kappa shape index (κ2) is 11.1. The Hall–Kier alpha value is -6.32. The number of aryl methyl sites for hydroxylation is 1. The minimum Gasteiger partial charge on any atom is -0.310 e. The van der Waals surface area contributed by atoms with E-state index in [-0.39, 0.29) is 6.71 Å². The molecule has 2 aliphatic carbocycles. The van der Waals surface area contributed by atoms with Gasteiger partial charge in [-0.1, -0.05) is 146 Å². The van der Waals surface area contributed by atoms with Crippen molar-refractivity contribution in [1.82, 2.24) is 9.13 Å². The predicted octanol–water partition coefficient (Wildman–Crippen LogP) is 10.4. The molecule has 0 amide bonds. The number of hydrogen-bond acceptors (Lipinski definition) is 0. The first-order valence-electron chi connectivity index (χ1n) is 19.1. The lowest BCUT2D eigenvalue weighted by Gasteiger charge is -2.36. The summed E-state index contributed by atoms with van der Waals surface area (Å²) >= 11 is 0. The van der Waals surface area contributed by atoms with E-state index in [1.54, 1.807) is 0 Å². The van der Waals surface area contributed by atoms with Crippen molar-refractivity contribution in [1.29, 1.82) is 0 Å². The summed E-state index contributed by atoms with van der Waals surface area (Å²) in [6, 6.07) is 50.1. The van der Waals surface area contributed by atoms with Crippen LogP contribution in [-0.2, 0) is 6.42 Å². The first-order chi connectivity index (χ1) is 26.4. The molecule has 4 heterocycles. The quantitative estimate of drug-likeness (QED) is 0.165. The molecule has 3 heteroatoms. The van der Waals surface area contributed by atoms with E-state index in [9.17, 15) is 0 Å². The van der Waals surface area contributed by atoms with Gasteiger partial charge >= 0.3 is 0 Å². The smallest absolute Gasteiger partial charge is 0.252 e. The average molecular weight is 675 g/mol. The number of para-hydroxylation sites is 1. The standard InChI is InChI=1S/C50H35BN2/c1-5-17-32(18-6-1)43-38-27-15-28-40-49(38)52(47(43)34-21-9-3-10-22-34)41-29-16-30-42-46(41)51(40)45-37-26-14-13-25-36(37)31-39-44(33-19-7-2-8-20-33)48(53(42)50(39)45)35-23-11-4-12-24-35/h1-9,11-12,14-21,23-24,26-31H,10,13,22,25H2. The number of aromatic nitrogens is 2. The van der Waals surface area contributed by atoms with Gasteiger partial charge in [0.15, 0.2) is 0 Å². The van der Waals surface area contributed by atoms with Crippen LogP contribution in [0.5, 0.6) is 0 Å². The van der Waals surface area contributed by atoms with Crippen LogP contribution in [0.2, 0.25) is 0 Å². The van der Waals surface area contributed by atoms with Crippen molar-refractivity contribution in [3.05, 3.63) is 175 Å². The number of rotatable bonds is 4. The second-order valence-corrected chi connectivity index (χ2v) is 15.0. The maximum absolute atomic E-state index is 2.66. The summed E-state index contributed by atoms with van der Waals surface area (Å²) in [7, 11) is 0. The summed E-state index contributed by atoms with van der Waals surface area (Å²) in [6.45, 7) is 0.0962. The Balaban J connectivity index is 1.30. The molecule has 2 nitrogen and oxygen atoms in total. The molecule has 6 aromatic carbocycles. The summed E-state index contributed by atoms with van der Waals surface area (Å²) in [5.74, 6) is 0. The van der Waals surface area contributed by atoms with Crippen molar-refractivity contribution >= 4 is 56.6 Å². The van der Waals surface area contributed by atoms with Crippen LogP contribution in [0.1, 0.15) is 36.1 Å². The Labute approximate surface area is 309 Å². The molecule has 0 saturated heterocycles. The van der Waals surface area contributed by atoms with E-state index in [1.165, 1.54) is 105 Å². The van der Waals surface area contributed by atoms with Gasteiger partial charge in [0.25, 0.3) is 6.71 Å². The molecular weight excluding hydrogens is 639 g/mol. The van der Waals surface area contributed by atoms with Gasteiger partial charge in [0, 0.05) is 38.8 Å². The minimum atomic E-state index is 0.0962. The molecule has 8 aromatic rings. The van der Waals surface area contributed by atoms with Gasteiger partial charge in [-0.05, 0) is 93.7 Å². The van der Waals surface area contributed by atoms with E-state index >= 15 is 0 Å². The van der Waals surface area contributed by atoms with Gasteiger partial charge in [-0.15, -0.1) is 0 Å². The zero-order chi connectivity index (χ0) is 34.6. The Morgan fingerprint density at radius 1 is 0.509 bits per heavy atom. The van der Waals surface area contributed by atoms with E-state index < -0.39 is 0 Å². The molecule has 12 rings (SSSR count). The van der Waals surface area contributed by atoms with Crippen LogP contribution in [0.4, 0.5) is 0 Å². The summed E-state index contributed by atoms with van der Waals surface area (Å²) in [5, 5.41) is 2.69. The molecule has 4 aliphatic rings. The minimum absolute atomic E-state index is 0.0962. The number of benzene rings is 6. The van der Waals surface area contributed by atoms with Gasteiger partial charge in [-0.2, -0.15) is 0 Å². The van der Waals surface area contributed by atoms with E-state index in [4.69, 9.17) is 0 Å². The number of fused-ring (bicyclic) bond motifs is 6. The number of nitrogens with zero attached hydrogens (tertiary/aromatic N) is 2. The van der Waals surface area contributed by atoms with Crippen molar-refractivity contribution in [3.8, 4) is 44.9 Å². The van der Waals surface area contributed by atoms with Crippen molar-refractivity contribution in [2.45, 2.75) is 25.7 Å². The summed E-state index contributed by atoms with van der Waals surface area (Å²) in [6.07, 6.45) is 16.0. The molecule has 0 spiro atoms. The fraction of sp³-hybridized carbons (Fsp3) is 0.0800. The highest BCUT2D eigenvalue weighted by molar-refractivity contribution is 7.00. The third-order valence-electron chi connectivity index (χ3n) is 12.2. The van der Waals surface area contributed by atoms with Crippen molar-refractivity contribution in [3.63, 3.8) is 0 Å². The monoisotopic (exact) mass is 674 g/mol. The molecule has 0 saturated carbocycles. The van der Waals surface area contributed by atoms with Gasteiger partial charge in [0.2, 0.25) is 0 Å². The highest BCUT2D eigenvalue weighted by atomic mass is 15.0. The topological polar surface area (TPSA) is 9.86 Å².